The van der Waals surface area contributed by atoms with Gasteiger partial charge in [-0.05, 0) is 39.0 Å². The van der Waals surface area contributed by atoms with Gasteiger partial charge in [-0.3, -0.25) is 14.3 Å². The summed E-state index contributed by atoms with van der Waals surface area (Å²) in [6, 6.07) is 13.7. The van der Waals surface area contributed by atoms with Gasteiger partial charge < -0.3 is 4.52 Å². The number of carbonyl (C=O) groups is 1. The molecule has 27 heavy (non-hydrogen) atoms. The number of carbonyl (C=O) groups excluding carboxylic acids is 1. The zero-order valence-corrected chi connectivity index (χ0v) is 16.2. The molecule has 0 aliphatic rings. The summed E-state index contributed by atoms with van der Waals surface area (Å²) in [4.78, 5) is 18.3. The van der Waals surface area contributed by atoms with Gasteiger partial charge in [0.1, 0.15) is 5.76 Å². The van der Waals surface area contributed by atoms with E-state index in [1.165, 1.54) is 0 Å². The highest BCUT2D eigenvalue weighted by atomic mass is 32.2. The number of aromatic nitrogens is 3. The smallest absolute Gasteiger partial charge is 0.180 e. The molecule has 4 rings (SSSR count). The van der Waals surface area contributed by atoms with Crippen LogP contribution in [0.1, 0.15) is 27.5 Å². The molecule has 136 valence electrons. The fraction of sp³-hybridized carbons (Fsp3) is 0.190. The Morgan fingerprint density at radius 3 is 2.74 bits per heavy atom. The lowest BCUT2D eigenvalue weighted by Gasteiger charge is -2.06. The molecule has 0 radical (unpaired) electrons. The fourth-order valence-electron chi connectivity index (χ4n) is 3.27. The van der Waals surface area contributed by atoms with Crippen LogP contribution in [0.15, 0.2) is 58.1 Å². The van der Waals surface area contributed by atoms with E-state index in [0.717, 1.165) is 38.5 Å². The Kier molecular flexibility index (Phi) is 4.58. The molecule has 0 aliphatic carbocycles. The zero-order chi connectivity index (χ0) is 19.0. The van der Waals surface area contributed by atoms with E-state index >= 15 is 0 Å². The minimum atomic E-state index is 0.0976. The van der Waals surface area contributed by atoms with Crippen LogP contribution in [0.25, 0.3) is 16.7 Å². The molecule has 0 unspecified atom stereocenters. The number of fused-ring (bicyclic) bond motifs is 1. The Balaban J connectivity index is 1.59. The van der Waals surface area contributed by atoms with Crippen molar-refractivity contribution in [3.8, 4) is 5.82 Å². The van der Waals surface area contributed by atoms with Gasteiger partial charge in [0.25, 0.3) is 0 Å². The van der Waals surface area contributed by atoms with Crippen molar-refractivity contribution in [2.75, 3.05) is 5.75 Å². The highest BCUT2D eigenvalue weighted by molar-refractivity contribution is 8.00. The van der Waals surface area contributed by atoms with Crippen molar-refractivity contribution in [1.82, 2.24) is 14.7 Å². The van der Waals surface area contributed by atoms with Crippen molar-refractivity contribution < 1.29 is 9.32 Å². The van der Waals surface area contributed by atoms with Gasteiger partial charge in [0, 0.05) is 39.5 Å². The predicted octanol–water partition coefficient (Wildman–Crippen LogP) is 4.91. The summed E-state index contributed by atoms with van der Waals surface area (Å²) in [5.41, 5.74) is 3.50. The molecule has 0 atom stereocenters. The number of aryl methyl sites for hydroxylation is 2. The number of nitrogens with zero attached hydrogens (tertiary/aromatic N) is 3. The summed E-state index contributed by atoms with van der Waals surface area (Å²) in [7, 11) is 0. The molecular weight excluding hydrogens is 358 g/mol. The molecule has 3 heterocycles. The molecule has 0 bridgehead atoms. The fourth-order valence-corrected chi connectivity index (χ4v) is 4.20. The number of hydrogen-bond donors (Lipinski definition) is 0. The van der Waals surface area contributed by atoms with Crippen LogP contribution < -0.4 is 0 Å². The van der Waals surface area contributed by atoms with Gasteiger partial charge in [-0.2, -0.15) is 0 Å². The van der Waals surface area contributed by atoms with E-state index in [9.17, 15) is 4.79 Å². The number of hydrogen-bond acceptors (Lipinski definition) is 5. The predicted molar refractivity (Wildman–Crippen MR) is 107 cm³/mol. The first-order valence-corrected chi connectivity index (χ1v) is 9.65. The van der Waals surface area contributed by atoms with Gasteiger partial charge in [-0.25, -0.2) is 0 Å². The number of benzene rings is 1. The first-order chi connectivity index (χ1) is 13.0. The third kappa shape index (κ3) is 3.28. The monoisotopic (exact) mass is 377 g/mol. The van der Waals surface area contributed by atoms with E-state index < -0.39 is 0 Å². The number of rotatable bonds is 5. The van der Waals surface area contributed by atoms with E-state index in [4.69, 9.17) is 4.52 Å². The molecule has 4 aromatic rings. The minimum absolute atomic E-state index is 0.0976. The average Bonchev–Trinajstić information content (AvgIpc) is 3.22. The summed E-state index contributed by atoms with van der Waals surface area (Å²) in [6.07, 6.45) is 1.79. The van der Waals surface area contributed by atoms with Crippen molar-refractivity contribution >= 4 is 28.4 Å². The molecule has 0 amide bonds. The van der Waals surface area contributed by atoms with Gasteiger partial charge in [-0.15, -0.1) is 11.8 Å². The van der Waals surface area contributed by atoms with Crippen molar-refractivity contribution in [3.05, 3.63) is 71.4 Å². The van der Waals surface area contributed by atoms with Crippen LogP contribution in [0.2, 0.25) is 0 Å². The second kappa shape index (κ2) is 7.04. The Hall–Kier alpha value is -2.86. The summed E-state index contributed by atoms with van der Waals surface area (Å²) in [5.74, 6) is 1.91. The topological polar surface area (TPSA) is 60.9 Å². The first kappa shape index (κ1) is 17.5. The molecule has 0 N–H and O–H groups in total. The van der Waals surface area contributed by atoms with Crippen molar-refractivity contribution in [2.45, 2.75) is 25.7 Å². The number of para-hydroxylation sites is 1. The van der Waals surface area contributed by atoms with Crippen LogP contribution in [-0.2, 0) is 0 Å². The second-order valence-corrected chi connectivity index (χ2v) is 7.47. The lowest BCUT2D eigenvalue weighted by atomic mass is 10.2. The van der Waals surface area contributed by atoms with Crippen molar-refractivity contribution in [2.24, 2.45) is 0 Å². The third-order valence-electron chi connectivity index (χ3n) is 4.54. The standard InChI is InChI=1S/C21H19N3O2S/c1-13-10-17(15(3)24(13)21-11-14(2)26-23-21)19(25)12-27-20-8-9-22-18-7-5-4-6-16(18)20/h4-11H,12H2,1-3H3. The van der Waals surface area contributed by atoms with Crippen LogP contribution in [0, 0.1) is 20.8 Å². The molecule has 0 fully saturated rings. The second-order valence-electron chi connectivity index (χ2n) is 6.45. The van der Waals surface area contributed by atoms with E-state index in [2.05, 4.69) is 10.1 Å². The molecule has 0 saturated heterocycles. The maximum atomic E-state index is 12.9. The summed E-state index contributed by atoms with van der Waals surface area (Å²) in [6.45, 7) is 5.76. The van der Waals surface area contributed by atoms with Crippen LogP contribution in [0.3, 0.4) is 0 Å². The number of pyridine rings is 1. The van der Waals surface area contributed by atoms with Crippen LogP contribution in [-0.4, -0.2) is 26.2 Å². The van der Waals surface area contributed by atoms with Gasteiger partial charge in [0.05, 0.1) is 11.3 Å². The zero-order valence-electron chi connectivity index (χ0n) is 15.4. The summed E-state index contributed by atoms with van der Waals surface area (Å²) < 4.78 is 7.13. The maximum absolute atomic E-state index is 12.9. The van der Waals surface area contributed by atoms with Gasteiger partial charge in [0.15, 0.2) is 11.6 Å². The molecule has 0 aliphatic heterocycles. The van der Waals surface area contributed by atoms with E-state index in [0.29, 0.717) is 11.6 Å². The van der Waals surface area contributed by atoms with Gasteiger partial charge in [-0.1, -0.05) is 23.4 Å². The number of ketones is 1. The Bertz CT molecular complexity index is 1140. The number of thioether (sulfide) groups is 1. The Morgan fingerprint density at radius 1 is 1.15 bits per heavy atom. The molecule has 6 heteroatoms. The van der Waals surface area contributed by atoms with Gasteiger partial charge in [0.2, 0.25) is 0 Å². The first-order valence-electron chi connectivity index (χ1n) is 8.67. The van der Waals surface area contributed by atoms with E-state index in [1.807, 2.05) is 67.8 Å². The van der Waals surface area contributed by atoms with Crippen LogP contribution >= 0.6 is 11.8 Å². The molecule has 1 aromatic carbocycles. The van der Waals surface area contributed by atoms with E-state index in [1.54, 1.807) is 18.0 Å². The van der Waals surface area contributed by atoms with Crippen molar-refractivity contribution in [1.29, 1.82) is 0 Å². The molecule has 5 nitrogen and oxygen atoms in total. The summed E-state index contributed by atoms with van der Waals surface area (Å²) >= 11 is 1.54. The lowest BCUT2D eigenvalue weighted by molar-refractivity contribution is 0.102. The van der Waals surface area contributed by atoms with Crippen molar-refractivity contribution in [3.63, 3.8) is 0 Å². The molecular formula is C21H19N3O2S. The van der Waals surface area contributed by atoms with E-state index in [-0.39, 0.29) is 5.78 Å². The molecule has 0 saturated carbocycles. The summed E-state index contributed by atoms with van der Waals surface area (Å²) in [5, 5.41) is 5.14. The molecule has 3 aromatic heterocycles. The maximum Gasteiger partial charge on any atom is 0.180 e. The SMILES string of the molecule is Cc1cc(-n2c(C)cc(C(=O)CSc3ccnc4ccccc34)c2C)no1. The quantitative estimate of drug-likeness (QED) is 0.365. The largest absolute Gasteiger partial charge is 0.360 e. The number of Topliss-reactive ketones (excluding diaryl/α,β-unsaturated/α-hetero) is 1. The molecule has 0 spiro atoms. The average molecular weight is 377 g/mol. The highest BCUT2D eigenvalue weighted by Crippen LogP contribution is 2.28. The third-order valence-corrected chi connectivity index (χ3v) is 5.62. The normalized spacial score (nSPS) is 11.2. The minimum Gasteiger partial charge on any atom is -0.360 e. The van der Waals surface area contributed by atoms with Crippen LogP contribution in [0.4, 0.5) is 0 Å². The Labute approximate surface area is 161 Å². The van der Waals surface area contributed by atoms with Crippen LogP contribution in [0.5, 0.6) is 0 Å². The van der Waals surface area contributed by atoms with Gasteiger partial charge >= 0.3 is 0 Å². The highest BCUT2D eigenvalue weighted by Gasteiger charge is 2.18. The lowest BCUT2D eigenvalue weighted by Crippen LogP contribution is -2.05. The Morgan fingerprint density at radius 2 is 1.96 bits per heavy atom.